The number of hydrogen-bond acceptors (Lipinski definition) is 1. The highest BCUT2D eigenvalue weighted by Gasteiger charge is 2.09. The maximum atomic E-state index is 9.22. The van der Waals surface area contributed by atoms with Gasteiger partial charge in [-0.3, -0.25) is 0 Å². The van der Waals surface area contributed by atoms with Crippen molar-refractivity contribution < 1.29 is 5.11 Å². The average Bonchev–Trinajstić information content (AvgIpc) is 1.84. The summed E-state index contributed by atoms with van der Waals surface area (Å²) in [7, 11) is 0. The minimum atomic E-state index is -0.428. The van der Waals surface area contributed by atoms with Crippen LogP contribution in [0.25, 0.3) is 0 Å². The van der Waals surface area contributed by atoms with Crippen LogP contribution in [-0.2, 0) is 0 Å². The monoisotopic (exact) mass is 126 g/mol. The van der Waals surface area contributed by atoms with Crippen molar-refractivity contribution in [3.05, 3.63) is 24.8 Å². The summed E-state index contributed by atoms with van der Waals surface area (Å²) in [6, 6.07) is 0. The Labute approximate surface area is 56.7 Å². The van der Waals surface area contributed by atoms with E-state index in [1.54, 1.807) is 6.08 Å². The van der Waals surface area contributed by atoms with Crippen molar-refractivity contribution in [2.24, 2.45) is 5.92 Å². The lowest BCUT2D eigenvalue weighted by Gasteiger charge is -2.13. The van der Waals surface area contributed by atoms with Crippen LogP contribution in [-0.4, -0.2) is 11.2 Å². The normalized spacial score (nSPS) is 13.3. The topological polar surface area (TPSA) is 20.2 Å². The maximum absolute atomic E-state index is 9.22. The van der Waals surface area contributed by atoms with Gasteiger partial charge in [-0.2, -0.15) is 0 Å². The van der Waals surface area contributed by atoms with Crippen molar-refractivity contribution in [3.63, 3.8) is 0 Å². The Balaban J connectivity index is 3.87. The average molecular weight is 126 g/mol. The molecule has 0 bridgehead atoms. The number of aliphatic hydroxyl groups is 1. The summed E-state index contributed by atoms with van der Waals surface area (Å²) in [5.41, 5.74) is 0.699. The van der Waals surface area contributed by atoms with Crippen molar-refractivity contribution in [3.8, 4) is 0 Å². The van der Waals surface area contributed by atoms with Crippen LogP contribution in [0.3, 0.4) is 0 Å². The maximum Gasteiger partial charge on any atom is 0.0807 e. The molecule has 0 heterocycles. The molecule has 1 atom stereocenters. The molecule has 0 saturated heterocycles. The summed E-state index contributed by atoms with van der Waals surface area (Å²) in [6.45, 7) is 11.0. The Hall–Kier alpha value is -0.560. The van der Waals surface area contributed by atoms with Crippen LogP contribution in [0.4, 0.5) is 0 Å². The molecule has 0 saturated carbocycles. The molecule has 1 nitrogen and oxygen atoms in total. The predicted molar refractivity (Wildman–Crippen MR) is 40.2 cm³/mol. The van der Waals surface area contributed by atoms with Crippen LogP contribution in [0.2, 0.25) is 0 Å². The van der Waals surface area contributed by atoms with Crippen LogP contribution in [0.1, 0.15) is 13.8 Å². The van der Waals surface area contributed by atoms with Gasteiger partial charge < -0.3 is 5.11 Å². The Morgan fingerprint density at radius 3 is 2.11 bits per heavy atom. The smallest absolute Gasteiger partial charge is 0.0807 e. The summed E-state index contributed by atoms with van der Waals surface area (Å²) < 4.78 is 0. The molecule has 0 radical (unpaired) electrons. The number of hydrogen-bond donors (Lipinski definition) is 1. The van der Waals surface area contributed by atoms with Crippen molar-refractivity contribution in [2.75, 3.05) is 0 Å². The van der Waals surface area contributed by atoms with Crippen molar-refractivity contribution in [2.45, 2.75) is 20.0 Å². The lowest BCUT2D eigenvalue weighted by atomic mass is 10.0. The first-order valence-corrected chi connectivity index (χ1v) is 3.09. The van der Waals surface area contributed by atoms with Crippen LogP contribution < -0.4 is 0 Å². The Morgan fingerprint density at radius 2 is 2.00 bits per heavy atom. The molecular weight excluding hydrogens is 112 g/mol. The Kier molecular flexibility index (Phi) is 3.25. The molecule has 0 spiro atoms. The van der Waals surface area contributed by atoms with Gasteiger partial charge in [-0.15, -0.1) is 0 Å². The second kappa shape index (κ2) is 3.46. The molecule has 0 unspecified atom stereocenters. The van der Waals surface area contributed by atoms with Gasteiger partial charge in [0, 0.05) is 0 Å². The fourth-order valence-electron chi connectivity index (χ4n) is 0.549. The molecule has 1 N–H and O–H groups in total. The van der Waals surface area contributed by atoms with E-state index in [1.807, 2.05) is 13.8 Å². The summed E-state index contributed by atoms with van der Waals surface area (Å²) in [5, 5.41) is 9.22. The Morgan fingerprint density at radius 1 is 1.56 bits per heavy atom. The quantitative estimate of drug-likeness (QED) is 0.571. The third-order valence-electron chi connectivity index (χ3n) is 1.27. The number of rotatable bonds is 3. The van der Waals surface area contributed by atoms with Gasteiger partial charge in [-0.05, 0) is 11.5 Å². The summed E-state index contributed by atoms with van der Waals surface area (Å²) >= 11 is 0. The standard InChI is InChI=1S/C8H14O/c1-5-7(4)8(9)6(2)3/h5-6,8-9H,1,4H2,2-3H3/t8-/m0/s1. The van der Waals surface area contributed by atoms with E-state index >= 15 is 0 Å². The minimum absolute atomic E-state index is 0.232. The molecule has 0 aliphatic carbocycles. The van der Waals surface area contributed by atoms with E-state index in [-0.39, 0.29) is 5.92 Å². The van der Waals surface area contributed by atoms with Crippen LogP contribution in [0.15, 0.2) is 24.8 Å². The lowest BCUT2D eigenvalue weighted by Crippen LogP contribution is -2.15. The van der Waals surface area contributed by atoms with Gasteiger partial charge in [0.2, 0.25) is 0 Å². The third-order valence-corrected chi connectivity index (χ3v) is 1.27. The van der Waals surface area contributed by atoms with Gasteiger partial charge >= 0.3 is 0 Å². The molecule has 0 amide bonds. The van der Waals surface area contributed by atoms with E-state index in [0.29, 0.717) is 5.57 Å². The van der Waals surface area contributed by atoms with Crippen LogP contribution >= 0.6 is 0 Å². The lowest BCUT2D eigenvalue weighted by molar-refractivity contribution is 0.164. The highest BCUT2D eigenvalue weighted by Crippen LogP contribution is 2.09. The van der Waals surface area contributed by atoms with Gasteiger partial charge in [0.15, 0.2) is 0 Å². The van der Waals surface area contributed by atoms with E-state index in [9.17, 15) is 5.11 Å². The first-order chi connectivity index (χ1) is 4.09. The highest BCUT2D eigenvalue weighted by molar-refractivity contribution is 5.16. The minimum Gasteiger partial charge on any atom is -0.388 e. The van der Waals surface area contributed by atoms with Crippen molar-refractivity contribution in [1.29, 1.82) is 0 Å². The van der Waals surface area contributed by atoms with Gasteiger partial charge in [-0.1, -0.05) is 33.1 Å². The second-order valence-corrected chi connectivity index (χ2v) is 2.47. The van der Waals surface area contributed by atoms with Crippen molar-refractivity contribution >= 4 is 0 Å². The van der Waals surface area contributed by atoms with E-state index < -0.39 is 6.10 Å². The van der Waals surface area contributed by atoms with Gasteiger partial charge in [0.05, 0.1) is 6.10 Å². The summed E-state index contributed by atoms with van der Waals surface area (Å²) in [4.78, 5) is 0. The molecule has 0 rings (SSSR count). The van der Waals surface area contributed by atoms with Gasteiger partial charge in [0.25, 0.3) is 0 Å². The third kappa shape index (κ3) is 2.47. The molecular formula is C8H14O. The highest BCUT2D eigenvalue weighted by atomic mass is 16.3. The first-order valence-electron chi connectivity index (χ1n) is 3.09. The van der Waals surface area contributed by atoms with Gasteiger partial charge in [-0.25, -0.2) is 0 Å². The molecule has 0 aromatic rings. The van der Waals surface area contributed by atoms with Gasteiger partial charge in [0.1, 0.15) is 0 Å². The zero-order chi connectivity index (χ0) is 7.44. The van der Waals surface area contributed by atoms with E-state index in [2.05, 4.69) is 13.2 Å². The molecule has 9 heavy (non-hydrogen) atoms. The zero-order valence-corrected chi connectivity index (χ0v) is 6.09. The van der Waals surface area contributed by atoms with E-state index in [4.69, 9.17) is 0 Å². The fourth-order valence-corrected chi connectivity index (χ4v) is 0.549. The molecule has 0 aromatic heterocycles. The van der Waals surface area contributed by atoms with E-state index in [1.165, 1.54) is 0 Å². The zero-order valence-electron chi connectivity index (χ0n) is 6.09. The molecule has 52 valence electrons. The molecule has 0 aliphatic rings. The summed E-state index contributed by atoms with van der Waals surface area (Å²) in [6.07, 6.45) is 1.16. The number of aliphatic hydroxyl groups excluding tert-OH is 1. The second-order valence-electron chi connectivity index (χ2n) is 2.47. The molecule has 0 aliphatic heterocycles. The van der Waals surface area contributed by atoms with Crippen molar-refractivity contribution in [1.82, 2.24) is 0 Å². The van der Waals surface area contributed by atoms with Crippen LogP contribution in [0, 0.1) is 5.92 Å². The predicted octanol–water partition coefficient (Wildman–Crippen LogP) is 1.75. The SMILES string of the molecule is C=CC(=C)[C@@H](O)C(C)C. The molecule has 0 aromatic carbocycles. The van der Waals surface area contributed by atoms with Crippen LogP contribution in [0.5, 0.6) is 0 Å². The fraction of sp³-hybridized carbons (Fsp3) is 0.500. The van der Waals surface area contributed by atoms with E-state index in [0.717, 1.165) is 0 Å². The summed E-state index contributed by atoms with van der Waals surface area (Å²) in [5.74, 6) is 0.232. The first kappa shape index (κ1) is 8.44. The largest absolute Gasteiger partial charge is 0.388 e. The molecule has 1 heteroatoms. The molecule has 0 fully saturated rings. The Bertz CT molecular complexity index is 114.